The van der Waals surface area contributed by atoms with Crippen LogP contribution in [0.2, 0.25) is 5.02 Å². The second kappa shape index (κ2) is 6.89. The van der Waals surface area contributed by atoms with Gasteiger partial charge in [0.25, 0.3) is 0 Å². The van der Waals surface area contributed by atoms with E-state index in [1.807, 2.05) is 38.1 Å². The van der Waals surface area contributed by atoms with Gasteiger partial charge in [-0.3, -0.25) is 10.2 Å². The van der Waals surface area contributed by atoms with Crippen LogP contribution in [0.5, 0.6) is 0 Å². The second-order valence-corrected chi connectivity index (χ2v) is 5.74. The predicted octanol–water partition coefficient (Wildman–Crippen LogP) is 2.59. The van der Waals surface area contributed by atoms with Crippen LogP contribution in [-0.2, 0) is 10.5 Å². The Kier molecular flexibility index (Phi) is 5.82. The van der Waals surface area contributed by atoms with Crippen LogP contribution < -0.4 is 11.3 Å². The number of nitrogens with one attached hydrogen (secondary N) is 1. The minimum atomic E-state index is -0.124. The fraction of sp³-hybridized carbons (Fsp3) is 0.417. The van der Waals surface area contributed by atoms with Gasteiger partial charge in [0.1, 0.15) is 0 Å². The number of thioether (sulfide) groups is 1. The highest BCUT2D eigenvalue weighted by molar-refractivity contribution is 7.99. The van der Waals surface area contributed by atoms with Crippen molar-refractivity contribution in [3.8, 4) is 0 Å². The van der Waals surface area contributed by atoms with Gasteiger partial charge in [0.2, 0.25) is 5.91 Å². The van der Waals surface area contributed by atoms with Gasteiger partial charge in [-0.2, -0.15) is 11.8 Å². The van der Waals surface area contributed by atoms with E-state index in [0.29, 0.717) is 0 Å². The molecule has 1 rings (SSSR count). The number of nitrogens with two attached hydrogens (primary N) is 1. The summed E-state index contributed by atoms with van der Waals surface area (Å²) in [5, 5.41) is 0.955. The molecule has 3 N–H and O–H groups in total. The van der Waals surface area contributed by atoms with Crippen LogP contribution in [0, 0.1) is 5.92 Å². The summed E-state index contributed by atoms with van der Waals surface area (Å²) in [4.78, 5) is 11.3. The molecule has 3 nitrogen and oxygen atoms in total. The molecule has 0 heterocycles. The van der Waals surface area contributed by atoms with Crippen molar-refractivity contribution >= 4 is 29.3 Å². The van der Waals surface area contributed by atoms with Gasteiger partial charge in [0, 0.05) is 21.9 Å². The van der Waals surface area contributed by atoms with Crippen LogP contribution in [0.15, 0.2) is 24.3 Å². The van der Waals surface area contributed by atoms with Gasteiger partial charge in [0.15, 0.2) is 0 Å². The molecule has 0 aromatic heterocycles. The molecule has 0 saturated carbocycles. The van der Waals surface area contributed by atoms with E-state index in [1.165, 1.54) is 5.56 Å². The van der Waals surface area contributed by atoms with Crippen LogP contribution in [-0.4, -0.2) is 11.2 Å². The van der Waals surface area contributed by atoms with Gasteiger partial charge in [-0.25, -0.2) is 5.84 Å². The third kappa shape index (κ3) is 4.58. The topological polar surface area (TPSA) is 55.1 Å². The van der Waals surface area contributed by atoms with Gasteiger partial charge >= 0.3 is 0 Å². The first kappa shape index (κ1) is 14.4. The summed E-state index contributed by atoms with van der Waals surface area (Å²) in [6.45, 7) is 3.90. The van der Waals surface area contributed by atoms with Crippen molar-refractivity contribution in [2.75, 3.05) is 0 Å². The molecule has 17 heavy (non-hydrogen) atoms. The number of hydrogen-bond acceptors (Lipinski definition) is 3. The summed E-state index contributed by atoms with van der Waals surface area (Å²) in [5.74, 6) is 5.75. The smallest absolute Gasteiger partial charge is 0.237 e. The number of carbonyl (C=O) groups excluding carboxylic acids is 1. The summed E-state index contributed by atoms with van der Waals surface area (Å²) < 4.78 is 0. The standard InChI is InChI=1S/C12H17ClN2OS/c1-8(12(16)15-14)9(2)17-7-10-3-5-11(13)6-4-10/h3-6,8-9H,7,14H2,1-2H3,(H,15,16). The Morgan fingerprint density at radius 3 is 2.53 bits per heavy atom. The highest BCUT2D eigenvalue weighted by Crippen LogP contribution is 2.24. The lowest BCUT2D eigenvalue weighted by molar-refractivity contribution is -0.124. The van der Waals surface area contributed by atoms with Gasteiger partial charge in [-0.15, -0.1) is 0 Å². The van der Waals surface area contributed by atoms with E-state index in [0.717, 1.165) is 10.8 Å². The van der Waals surface area contributed by atoms with E-state index in [4.69, 9.17) is 17.4 Å². The van der Waals surface area contributed by atoms with E-state index in [9.17, 15) is 4.79 Å². The highest BCUT2D eigenvalue weighted by atomic mass is 35.5. The lowest BCUT2D eigenvalue weighted by Crippen LogP contribution is -2.38. The van der Waals surface area contributed by atoms with Crippen molar-refractivity contribution in [1.82, 2.24) is 5.43 Å². The molecule has 1 amide bonds. The molecule has 94 valence electrons. The van der Waals surface area contributed by atoms with Gasteiger partial charge < -0.3 is 0 Å². The second-order valence-electron chi connectivity index (χ2n) is 3.94. The van der Waals surface area contributed by atoms with Crippen LogP contribution >= 0.6 is 23.4 Å². The molecule has 5 heteroatoms. The zero-order chi connectivity index (χ0) is 12.8. The Morgan fingerprint density at radius 1 is 1.41 bits per heavy atom. The van der Waals surface area contributed by atoms with Crippen molar-refractivity contribution in [2.45, 2.75) is 24.9 Å². The zero-order valence-corrected chi connectivity index (χ0v) is 11.5. The Morgan fingerprint density at radius 2 is 2.00 bits per heavy atom. The van der Waals surface area contributed by atoms with Crippen molar-refractivity contribution in [3.63, 3.8) is 0 Å². The summed E-state index contributed by atoms with van der Waals surface area (Å²) >= 11 is 7.54. The molecule has 2 atom stereocenters. The van der Waals surface area contributed by atoms with E-state index in [2.05, 4.69) is 5.43 Å². The Bertz CT molecular complexity index is 369. The predicted molar refractivity (Wildman–Crippen MR) is 73.7 cm³/mol. The van der Waals surface area contributed by atoms with Gasteiger partial charge in [0.05, 0.1) is 0 Å². The molecular weight excluding hydrogens is 256 g/mol. The van der Waals surface area contributed by atoms with E-state index in [1.54, 1.807) is 11.8 Å². The minimum absolute atomic E-state index is 0.0997. The molecule has 1 aromatic carbocycles. The first-order chi connectivity index (χ1) is 8.04. The number of halogens is 1. The van der Waals surface area contributed by atoms with Crippen LogP contribution in [0.3, 0.4) is 0 Å². The molecule has 0 aliphatic heterocycles. The molecule has 0 aliphatic carbocycles. The Hall–Kier alpha value is -0.710. The average molecular weight is 273 g/mol. The molecule has 0 fully saturated rings. The lowest BCUT2D eigenvalue weighted by Gasteiger charge is -2.17. The number of hydrazine groups is 1. The van der Waals surface area contributed by atoms with Crippen LogP contribution in [0.1, 0.15) is 19.4 Å². The van der Waals surface area contributed by atoms with E-state index in [-0.39, 0.29) is 17.1 Å². The number of amides is 1. The Balaban J connectivity index is 2.45. The molecule has 0 saturated heterocycles. The number of carbonyl (C=O) groups is 1. The minimum Gasteiger partial charge on any atom is -0.294 e. The summed E-state index contributed by atoms with van der Waals surface area (Å²) in [7, 11) is 0. The number of rotatable bonds is 5. The van der Waals surface area contributed by atoms with Crippen molar-refractivity contribution in [1.29, 1.82) is 0 Å². The molecule has 2 unspecified atom stereocenters. The molecule has 0 radical (unpaired) electrons. The van der Waals surface area contributed by atoms with Crippen molar-refractivity contribution in [2.24, 2.45) is 11.8 Å². The third-order valence-electron chi connectivity index (χ3n) is 2.69. The van der Waals surface area contributed by atoms with Gasteiger partial charge in [-0.05, 0) is 17.7 Å². The number of hydrogen-bond donors (Lipinski definition) is 2. The molecule has 0 aliphatic rings. The fourth-order valence-corrected chi connectivity index (χ4v) is 2.48. The molecular formula is C12H17ClN2OS. The first-order valence-corrected chi connectivity index (χ1v) is 6.83. The molecule has 1 aromatic rings. The van der Waals surface area contributed by atoms with Crippen LogP contribution in [0.25, 0.3) is 0 Å². The van der Waals surface area contributed by atoms with Gasteiger partial charge in [-0.1, -0.05) is 37.6 Å². The maximum Gasteiger partial charge on any atom is 0.237 e. The van der Waals surface area contributed by atoms with Crippen molar-refractivity contribution in [3.05, 3.63) is 34.9 Å². The maximum absolute atomic E-state index is 11.3. The average Bonchev–Trinajstić information content (AvgIpc) is 2.35. The largest absolute Gasteiger partial charge is 0.294 e. The zero-order valence-electron chi connectivity index (χ0n) is 9.94. The number of benzene rings is 1. The summed E-state index contributed by atoms with van der Waals surface area (Å²) in [5.41, 5.74) is 3.38. The molecule has 0 spiro atoms. The van der Waals surface area contributed by atoms with Crippen LogP contribution in [0.4, 0.5) is 0 Å². The SMILES string of the molecule is CC(SCc1ccc(Cl)cc1)C(C)C(=O)NN. The quantitative estimate of drug-likeness (QED) is 0.492. The third-order valence-corrected chi connectivity index (χ3v) is 4.37. The van der Waals surface area contributed by atoms with E-state index >= 15 is 0 Å². The Labute approximate surface area is 111 Å². The summed E-state index contributed by atoms with van der Waals surface area (Å²) in [6.07, 6.45) is 0. The normalized spacial score (nSPS) is 14.1. The monoisotopic (exact) mass is 272 g/mol. The fourth-order valence-electron chi connectivity index (χ4n) is 1.30. The molecule has 0 bridgehead atoms. The maximum atomic E-state index is 11.3. The van der Waals surface area contributed by atoms with Crippen molar-refractivity contribution < 1.29 is 4.79 Å². The summed E-state index contributed by atoms with van der Waals surface area (Å²) in [6, 6.07) is 7.74. The first-order valence-electron chi connectivity index (χ1n) is 5.41. The lowest BCUT2D eigenvalue weighted by atomic mass is 10.1. The van der Waals surface area contributed by atoms with E-state index < -0.39 is 0 Å². The highest BCUT2D eigenvalue weighted by Gasteiger charge is 2.19.